The van der Waals surface area contributed by atoms with Crippen molar-refractivity contribution in [2.75, 3.05) is 19.6 Å². The number of nitrogens with zero attached hydrogens (tertiary/aromatic N) is 2. The Kier molecular flexibility index (Phi) is 6.75. The van der Waals surface area contributed by atoms with Crippen LogP contribution < -0.4 is 0 Å². The Hall–Kier alpha value is -1.89. The summed E-state index contributed by atoms with van der Waals surface area (Å²) in [7, 11) is -3.63. The third-order valence-corrected chi connectivity index (χ3v) is 7.23. The monoisotopic (exact) mass is 420 g/mol. The van der Waals surface area contributed by atoms with E-state index in [1.807, 2.05) is 37.3 Å². The SMILES string of the molecule is CCN(Cc1ccccc1)C(=O)[C@@H]1CCCN(S(=O)(=O)c2ccc(Cl)cc2)C1. The highest BCUT2D eigenvalue weighted by molar-refractivity contribution is 7.89. The van der Waals surface area contributed by atoms with Crippen molar-refractivity contribution in [3.8, 4) is 0 Å². The fourth-order valence-electron chi connectivity index (χ4n) is 3.53. The molecule has 1 saturated heterocycles. The summed E-state index contributed by atoms with van der Waals surface area (Å²) in [5, 5.41) is 0.491. The molecule has 0 aliphatic carbocycles. The Labute approximate surface area is 172 Å². The Morgan fingerprint density at radius 1 is 1.14 bits per heavy atom. The molecule has 0 N–H and O–H groups in total. The molecule has 0 unspecified atom stereocenters. The molecule has 150 valence electrons. The Balaban J connectivity index is 1.72. The number of amides is 1. The summed E-state index contributed by atoms with van der Waals surface area (Å²) in [6.07, 6.45) is 1.38. The zero-order valence-electron chi connectivity index (χ0n) is 15.9. The second-order valence-electron chi connectivity index (χ2n) is 6.99. The molecule has 0 bridgehead atoms. The molecule has 3 rings (SSSR count). The van der Waals surface area contributed by atoms with E-state index in [0.717, 1.165) is 5.56 Å². The molecular weight excluding hydrogens is 396 g/mol. The summed E-state index contributed by atoms with van der Waals surface area (Å²) in [4.78, 5) is 15.1. The first-order chi connectivity index (χ1) is 13.4. The second kappa shape index (κ2) is 9.07. The molecule has 2 aromatic rings. The van der Waals surface area contributed by atoms with E-state index in [4.69, 9.17) is 11.6 Å². The summed E-state index contributed by atoms with van der Waals surface area (Å²) >= 11 is 5.87. The number of sulfonamides is 1. The lowest BCUT2D eigenvalue weighted by atomic mass is 9.98. The Morgan fingerprint density at radius 2 is 1.82 bits per heavy atom. The van der Waals surface area contributed by atoms with E-state index in [2.05, 4.69) is 0 Å². The van der Waals surface area contributed by atoms with Crippen LogP contribution in [0.4, 0.5) is 0 Å². The molecule has 1 atom stereocenters. The topological polar surface area (TPSA) is 57.7 Å². The predicted molar refractivity (Wildman–Crippen MR) is 110 cm³/mol. The van der Waals surface area contributed by atoms with Crippen molar-refractivity contribution in [2.24, 2.45) is 5.92 Å². The van der Waals surface area contributed by atoms with Crippen LogP contribution in [0.2, 0.25) is 5.02 Å². The van der Waals surface area contributed by atoms with Crippen molar-refractivity contribution in [1.29, 1.82) is 0 Å². The third kappa shape index (κ3) is 4.74. The molecule has 1 heterocycles. The van der Waals surface area contributed by atoms with E-state index in [0.29, 0.717) is 37.5 Å². The first-order valence-electron chi connectivity index (χ1n) is 9.50. The van der Waals surface area contributed by atoms with Crippen LogP contribution in [0.15, 0.2) is 59.5 Å². The van der Waals surface area contributed by atoms with Gasteiger partial charge in [-0.1, -0.05) is 41.9 Å². The van der Waals surface area contributed by atoms with Gasteiger partial charge in [0.05, 0.1) is 10.8 Å². The first-order valence-corrected chi connectivity index (χ1v) is 11.3. The van der Waals surface area contributed by atoms with Crippen molar-refractivity contribution in [3.63, 3.8) is 0 Å². The smallest absolute Gasteiger partial charge is 0.243 e. The van der Waals surface area contributed by atoms with Gasteiger partial charge in [-0.25, -0.2) is 8.42 Å². The van der Waals surface area contributed by atoms with Crippen LogP contribution in [0.5, 0.6) is 0 Å². The van der Waals surface area contributed by atoms with Gasteiger partial charge in [0.25, 0.3) is 0 Å². The summed E-state index contributed by atoms with van der Waals surface area (Å²) in [5.41, 5.74) is 1.07. The largest absolute Gasteiger partial charge is 0.338 e. The van der Waals surface area contributed by atoms with Crippen LogP contribution in [0.25, 0.3) is 0 Å². The second-order valence-corrected chi connectivity index (χ2v) is 9.37. The van der Waals surface area contributed by atoms with Crippen LogP contribution in [0.3, 0.4) is 0 Å². The zero-order valence-corrected chi connectivity index (χ0v) is 17.5. The van der Waals surface area contributed by atoms with Gasteiger partial charge in [-0.05, 0) is 49.6 Å². The number of rotatable bonds is 6. The molecule has 1 aliphatic heterocycles. The van der Waals surface area contributed by atoms with E-state index < -0.39 is 10.0 Å². The highest BCUT2D eigenvalue weighted by Crippen LogP contribution is 2.26. The minimum atomic E-state index is -3.63. The van der Waals surface area contributed by atoms with Crippen molar-refractivity contribution in [1.82, 2.24) is 9.21 Å². The average molecular weight is 421 g/mol. The van der Waals surface area contributed by atoms with E-state index in [1.54, 1.807) is 17.0 Å². The Bertz CT molecular complexity index is 901. The summed E-state index contributed by atoms with van der Waals surface area (Å²) < 4.78 is 27.3. The van der Waals surface area contributed by atoms with Gasteiger partial charge in [0.1, 0.15) is 0 Å². The minimum absolute atomic E-state index is 0.0161. The number of piperidine rings is 1. The third-order valence-electron chi connectivity index (χ3n) is 5.09. The van der Waals surface area contributed by atoms with E-state index in [9.17, 15) is 13.2 Å². The average Bonchev–Trinajstić information content (AvgIpc) is 2.72. The molecule has 0 aromatic heterocycles. The highest BCUT2D eigenvalue weighted by atomic mass is 35.5. The van der Waals surface area contributed by atoms with Gasteiger partial charge in [0.2, 0.25) is 15.9 Å². The van der Waals surface area contributed by atoms with Crippen LogP contribution >= 0.6 is 11.6 Å². The number of carbonyl (C=O) groups excluding carboxylic acids is 1. The number of hydrogen-bond acceptors (Lipinski definition) is 3. The molecule has 28 heavy (non-hydrogen) atoms. The number of carbonyl (C=O) groups is 1. The summed E-state index contributed by atoms with van der Waals surface area (Å²) in [6, 6.07) is 16.0. The lowest BCUT2D eigenvalue weighted by molar-refractivity contribution is -0.137. The zero-order chi connectivity index (χ0) is 20.1. The molecule has 5 nitrogen and oxygen atoms in total. The molecule has 1 aliphatic rings. The lowest BCUT2D eigenvalue weighted by Crippen LogP contribution is -2.46. The van der Waals surface area contributed by atoms with E-state index >= 15 is 0 Å². The molecule has 1 fully saturated rings. The maximum Gasteiger partial charge on any atom is 0.243 e. The van der Waals surface area contributed by atoms with Crippen molar-refractivity contribution >= 4 is 27.5 Å². The van der Waals surface area contributed by atoms with E-state index in [-0.39, 0.29) is 23.3 Å². The van der Waals surface area contributed by atoms with E-state index in [1.165, 1.54) is 16.4 Å². The van der Waals surface area contributed by atoms with Gasteiger partial charge in [-0.15, -0.1) is 0 Å². The highest BCUT2D eigenvalue weighted by Gasteiger charge is 2.34. The standard InChI is InChI=1S/C21H25ClN2O3S/c1-2-23(15-17-7-4-3-5-8-17)21(25)18-9-6-14-24(16-18)28(26,27)20-12-10-19(22)11-13-20/h3-5,7-8,10-13,18H,2,6,9,14-16H2,1H3/t18-/m1/s1. The Morgan fingerprint density at radius 3 is 2.46 bits per heavy atom. The fraction of sp³-hybridized carbons (Fsp3) is 0.381. The normalized spacial score (nSPS) is 18.0. The fourth-order valence-corrected chi connectivity index (χ4v) is 5.18. The number of halogens is 1. The van der Waals surface area contributed by atoms with Crippen molar-refractivity contribution in [3.05, 3.63) is 65.2 Å². The number of hydrogen-bond donors (Lipinski definition) is 0. The van der Waals surface area contributed by atoms with Gasteiger partial charge < -0.3 is 4.90 Å². The maximum atomic E-state index is 13.1. The van der Waals surface area contributed by atoms with Crippen molar-refractivity contribution in [2.45, 2.75) is 31.2 Å². The van der Waals surface area contributed by atoms with Crippen LogP contribution in [0, 0.1) is 5.92 Å². The predicted octanol–water partition coefficient (Wildman–Crippen LogP) is 3.79. The maximum absolute atomic E-state index is 13.1. The lowest BCUT2D eigenvalue weighted by Gasteiger charge is -2.34. The number of benzene rings is 2. The molecule has 1 amide bonds. The molecule has 2 aromatic carbocycles. The molecular formula is C21H25ClN2O3S. The molecule has 0 radical (unpaired) electrons. The molecule has 0 spiro atoms. The van der Waals surface area contributed by atoms with Crippen LogP contribution in [-0.2, 0) is 21.4 Å². The molecule has 0 saturated carbocycles. The van der Waals surface area contributed by atoms with Gasteiger partial charge >= 0.3 is 0 Å². The van der Waals surface area contributed by atoms with Gasteiger partial charge in [-0.2, -0.15) is 4.31 Å². The van der Waals surface area contributed by atoms with Crippen molar-refractivity contribution < 1.29 is 13.2 Å². The van der Waals surface area contributed by atoms with Crippen LogP contribution in [-0.4, -0.2) is 43.2 Å². The minimum Gasteiger partial charge on any atom is -0.338 e. The quantitative estimate of drug-likeness (QED) is 0.714. The summed E-state index contributed by atoms with van der Waals surface area (Å²) in [5.74, 6) is -0.304. The van der Waals surface area contributed by atoms with Crippen LogP contribution in [0.1, 0.15) is 25.3 Å². The van der Waals surface area contributed by atoms with Gasteiger partial charge in [0.15, 0.2) is 0 Å². The van der Waals surface area contributed by atoms with Gasteiger partial charge in [-0.3, -0.25) is 4.79 Å². The molecule has 7 heteroatoms. The summed E-state index contributed by atoms with van der Waals surface area (Å²) in [6.45, 7) is 3.73. The van der Waals surface area contributed by atoms with Gasteiger partial charge in [0, 0.05) is 31.2 Å². The first kappa shape index (κ1) is 20.8.